The van der Waals surface area contributed by atoms with Crippen molar-refractivity contribution in [1.29, 1.82) is 0 Å². The minimum atomic E-state index is -0.888. The van der Waals surface area contributed by atoms with E-state index in [9.17, 15) is 9.90 Å². The van der Waals surface area contributed by atoms with Gasteiger partial charge in [-0.05, 0) is 55.1 Å². The van der Waals surface area contributed by atoms with Crippen LogP contribution in [0.2, 0.25) is 0 Å². The lowest BCUT2D eigenvalue weighted by Crippen LogP contribution is -2.20. The van der Waals surface area contributed by atoms with Crippen LogP contribution in [-0.2, 0) is 6.42 Å². The number of aryl methyl sites for hydroxylation is 1. The molecule has 1 aliphatic carbocycles. The SMILES string of the molecule is CC1CCCc2sc(NC(=S)Nc3ccccc3)c(C(=O)O)c21. The van der Waals surface area contributed by atoms with Crippen LogP contribution in [-0.4, -0.2) is 16.2 Å². The van der Waals surface area contributed by atoms with Crippen molar-refractivity contribution in [2.75, 3.05) is 10.6 Å². The molecule has 0 spiro atoms. The fourth-order valence-corrected chi connectivity index (χ4v) is 4.64. The summed E-state index contributed by atoms with van der Waals surface area (Å²) in [5.74, 6) is -0.603. The molecule has 0 aliphatic heterocycles. The van der Waals surface area contributed by atoms with Crippen LogP contribution in [0.3, 0.4) is 0 Å². The minimum absolute atomic E-state index is 0.285. The van der Waals surface area contributed by atoms with Gasteiger partial charge in [0.25, 0.3) is 0 Å². The monoisotopic (exact) mass is 346 g/mol. The first-order valence-electron chi connectivity index (χ1n) is 7.58. The molecule has 3 N–H and O–H groups in total. The van der Waals surface area contributed by atoms with Gasteiger partial charge in [0.05, 0.1) is 5.56 Å². The molecule has 2 aromatic rings. The summed E-state index contributed by atoms with van der Waals surface area (Å²) in [4.78, 5) is 12.9. The van der Waals surface area contributed by atoms with Crippen LogP contribution in [0.4, 0.5) is 10.7 Å². The lowest BCUT2D eigenvalue weighted by molar-refractivity contribution is 0.0696. The Hall–Kier alpha value is -1.92. The number of benzene rings is 1. The molecule has 3 rings (SSSR count). The molecule has 0 saturated carbocycles. The first-order valence-corrected chi connectivity index (χ1v) is 8.80. The molecule has 4 nitrogen and oxygen atoms in total. The van der Waals surface area contributed by atoms with Crippen molar-refractivity contribution in [3.8, 4) is 0 Å². The summed E-state index contributed by atoms with van der Waals surface area (Å²) in [6.45, 7) is 2.10. The third-order valence-electron chi connectivity index (χ3n) is 4.03. The average molecular weight is 346 g/mol. The van der Waals surface area contributed by atoms with Crippen molar-refractivity contribution >= 4 is 45.3 Å². The maximum Gasteiger partial charge on any atom is 0.339 e. The van der Waals surface area contributed by atoms with Gasteiger partial charge in [0.15, 0.2) is 5.11 Å². The highest BCUT2D eigenvalue weighted by Gasteiger charge is 2.29. The van der Waals surface area contributed by atoms with Gasteiger partial charge in [-0.1, -0.05) is 25.1 Å². The van der Waals surface area contributed by atoms with E-state index >= 15 is 0 Å². The molecular weight excluding hydrogens is 328 g/mol. The smallest absolute Gasteiger partial charge is 0.339 e. The lowest BCUT2D eigenvalue weighted by Gasteiger charge is -2.19. The number of anilines is 2. The highest BCUT2D eigenvalue weighted by Crippen LogP contribution is 2.43. The molecule has 23 heavy (non-hydrogen) atoms. The fourth-order valence-electron chi connectivity index (χ4n) is 3.00. The van der Waals surface area contributed by atoms with E-state index in [1.165, 1.54) is 16.2 Å². The van der Waals surface area contributed by atoms with Crippen LogP contribution in [0.5, 0.6) is 0 Å². The molecule has 1 aromatic carbocycles. The predicted molar refractivity (Wildman–Crippen MR) is 98.9 cm³/mol. The molecule has 1 atom stereocenters. The van der Waals surface area contributed by atoms with Gasteiger partial charge in [0, 0.05) is 10.6 Å². The quantitative estimate of drug-likeness (QED) is 0.704. The molecule has 1 heterocycles. The van der Waals surface area contributed by atoms with Gasteiger partial charge in [-0.25, -0.2) is 4.79 Å². The summed E-state index contributed by atoms with van der Waals surface area (Å²) in [7, 11) is 0. The Labute approximate surface area is 144 Å². The highest BCUT2D eigenvalue weighted by atomic mass is 32.1. The Bertz CT molecular complexity index is 741. The molecule has 0 amide bonds. The normalized spacial score (nSPS) is 16.5. The second kappa shape index (κ2) is 6.68. The zero-order valence-corrected chi connectivity index (χ0v) is 14.4. The van der Waals surface area contributed by atoms with Gasteiger partial charge < -0.3 is 15.7 Å². The third-order valence-corrected chi connectivity index (χ3v) is 5.41. The highest BCUT2D eigenvalue weighted by molar-refractivity contribution is 7.80. The Balaban J connectivity index is 1.85. The van der Waals surface area contributed by atoms with Gasteiger partial charge in [-0.15, -0.1) is 11.3 Å². The van der Waals surface area contributed by atoms with Gasteiger partial charge in [0.1, 0.15) is 5.00 Å². The van der Waals surface area contributed by atoms with Crippen LogP contribution >= 0.6 is 23.6 Å². The molecule has 0 bridgehead atoms. The van der Waals surface area contributed by atoms with E-state index < -0.39 is 5.97 Å². The zero-order chi connectivity index (χ0) is 16.4. The summed E-state index contributed by atoms with van der Waals surface area (Å²) in [5, 5.41) is 16.8. The molecule has 1 aromatic heterocycles. The molecule has 120 valence electrons. The topological polar surface area (TPSA) is 61.4 Å². The third kappa shape index (κ3) is 3.38. The summed E-state index contributed by atoms with van der Waals surface area (Å²) in [6.07, 6.45) is 3.10. The number of thiophene rings is 1. The summed E-state index contributed by atoms with van der Waals surface area (Å²) < 4.78 is 0. The van der Waals surface area contributed by atoms with Gasteiger partial charge >= 0.3 is 5.97 Å². The number of hydrogen-bond acceptors (Lipinski definition) is 3. The molecular formula is C17H18N2O2S2. The van der Waals surface area contributed by atoms with E-state index in [1.807, 2.05) is 30.3 Å². The summed E-state index contributed by atoms with van der Waals surface area (Å²) in [6, 6.07) is 9.58. The molecule has 1 unspecified atom stereocenters. The number of thiocarbonyl (C=S) groups is 1. The van der Waals surface area contributed by atoms with Crippen LogP contribution < -0.4 is 10.6 Å². The summed E-state index contributed by atoms with van der Waals surface area (Å²) >= 11 is 6.84. The van der Waals surface area contributed by atoms with Crippen molar-refractivity contribution in [3.05, 3.63) is 46.3 Å². The van der Waals surface area contributed by atoms with Gasteiger partial charge in [0.2, 0.25) is 0 Å². The van der Waals surface area contributed by atoms with Crippen molar-refractivity contribution in [3.63, 3.8) is 0 Å². The van der Waals surface area contributed by atoms with Gasteiger partial charge in [-0.3, -0.25) is 0 Å². The number of para-hydroxylation sites is 1. The largest absolute Gasteiger partial charge is 0.478 e. The molecule has 6 heteroatoms. The van der Waals surface area contributed by atoms with Crippen molar-refractivity contribution < 1.29 is 9.90 Å². The van der Waals surface area contributed by atoms with Crippen molar-refractivity contribution in [2.45, 2.75) is 32.1 Å². The van der Waals surface area contributed by atoms with Gasteiger partial charge in [-0.2, -0.15) is 0 Å². The molecule has 1 aliphatic rings. The van der Waals surface area contributed by atoms with E-state index in [4.69, 9.17) is 12.2 Å². The van der Waals surface area contributed by atoms with Crippen molar-refractivity contribution in [2.24, 2.45) is 0 Å². The van der Waals surface area contributed by atoms with Crippen LogP contribution in [0, 0.1) is 0 Å². The zero-order valence-electron chi connectivity index (χ0n) is 12.8. The predicted octanol–water partition coefficient (Wildman–Crippen LogP) is 4.70. The Morgan fingerprint density at radius 2 is 2.04 bits per heavy atom. The second-order valence-electron chi connectivity index (χ2n) is 5.69. The van der Waals surface area contributed by atoms with Crippen LogP contribution in [0.1, 0.15) is 46.5 Å². The maximum absolute atomic E-state index is 11.7. The number of hydrogen-bond donors (Lipinski definition) is 3. The number of carboxylic acids is 1. The number of carboxylic acid groups (broad SMARTS) is 1. The number of carbonyl (C=O) groups is 1. The Kier molecular flexibility index (Phi) is 4.63. The van der Waals surface area contributed by atoms with E-state index in [0.29, 0.717) is 15.7 Å². The first kappa shape index (κ1) is 16.0. The molecule has 0 fully saturated rings. The Morgan fingerprint density at radius 3 is 2.74 bits per heavy atom. The second-order valence-corrected chi connectivity index (χ2v) is 7.20. The van der Waals surface area contributed by atoms with E-state index in [0.717, 1.165) is 30.5 Å². The number of rotatable bonds is 3. The van der Waals surface area contributed by atoms with E-state index in [2.05, 4.69) is 17.6 Å². The van der Waals surface area contributed by atoms with E-state index in [1.54, 1.807) is 0 Å². The van der Waals surface area contributed by atoms with Crippen LogP contribution in [0.15, 0.2) is 30.3 Å². The average Bonchev–Trinajstić information content (AvgIpc) is 2.87. The van der Waals surface area contributed by atoms with Crippen LogP contribution in [0.25, 0.3) is 0 Å². The molecule has 0 saturated heterocycles. The maximum atomic E-state index is 11.7. The summed E-state index contributed by atoms with van der Waals surface area (Å²) in [5.41, 5.74) is 2.24. The minimum Gasteiger partial charge on any atom is -0.478 e. The van der Waals surface area contributed by atoms with Crippen molar-refractivity contribution in [1.82, 2.24) is 0 Å². The number of aromatic carboxylic acids is 1. The molecule has 0 radical (unpaired) electrons. The lowest BCUT2D eigenvalue weighted by atomic mass is 9.86. The Morgan fingerprint density at radius 1 is 1.30 bits per heavy atom. The van der Waals surface area contributed by atoms with E-state index in [-0.39, 0.29) is 5.92 Å². The first-order chi connectivity index (χ1) is 11.1. The standard InChI is InChI=1S/C17H18N2O2S2/c1-10-6-5-9-12-13(10)14(16(20)21)15(23-12)19-17(22)18-11-7-3-2-4-8-11/h2-4,7-8,10H,5-6,9H2,1H3,(H,20,21)(H2,18,19,22). The number of fused-ring (bicyclic) bond motifs is 1. The fraction of sp³-hybridized carbons (Fsp3) is 0.294. The number of nitrogens with one attached hydrogen (secondary N) is 2.